The number of likely N-dealkylation sites (N-methyl/N-ethyl adjacent to an activating group) is 1. The first-order chi connectivity index (χ1) is 14.5. The number of benzene rings is 2. The van der Waals surface area contributed by atoms with Gasteiger partial charge in [0.2, 0.25) is 0 Å². The van der Waals surface area contributed by atoms with Crippen LogP contribution in [0.2, 0.25) is 0 Å². The molecule has 3 nitrogen and oxygen atoms in total. The van der Waals surface area contributed by atoms with Crippen molar-refractivity contribution in [3.05, 3.63) is 113 Å². The zero-order valence-electron chi connectivity index (χ0n) is 17.2. The Morgan fingerprint density at radius 3 is 2.40 bits per heavy atom. The number of rotatable bonds is 8. The molecule has 2 N–H and O–H groups in total. The van der Waals surface area contributed by atoms with Crippen LogP contribution in [0.5, 0.6) is 0 Å². The predicted molar refractivity (Wildman–Crippen MR) is 127 cm³/mol. The number of pyridine rings is 1. The van der Waals surface area contributed by atoms with Crippen molar-refractivity contribution in [3.8, 4) is 0 Å². The van der Waals surface area contributed by atoms with Crippen molar-refractivity contribution in [2.75, 3.05) is 26.0 Å². The molecule has 0 amide bonds. The molecule has 0 saturated carbocycles. The normalized spacial score (nSPS) is 12.6. The maximum Gasteiger partial charge on any atom is 0.123 e. The van der Waals surface area contributed by atoms with Gasteiger partial charge in [-0.05, 0) is 48.0 Å². The van der Waals surface area contributed by atoms with E-state index in [2.05, 4.69) is 41.0 Å². The van der Waals surface area contributed by atoms with E-state index in [0.717, 1.165) is 28.1 Å². The third kappa shape index (κ3) is 5.12. The Balaban J connectivity index is 2.01. The molecule has 30 heavy (non-hydrogen) atoms. The fourth-order valence-corrected chi connectivity index (χ4v) is 3.81. The van der Waals surface area contributed by atoms with Gasteiger partial charge in [0.05, 0.1) is 17.4 Å². The number of hydrogen-bond donors (Lipinski definition) is 2. The van der Waals surface area contributed by atoms with E-state index in [0.29, 0.717) is 11.2 Å². The Labute approximate surface area is 182 Å². The molecule has 0 saturated heterocycles. The number of aromatic nitrogens is 1. The van der Waals surface area contributed by atoms with Gasteiger partial charge in [-0.15, -0.1) is 0 Å². The van der Waals surface area contributed by atoms with Crippen LogP contribution in [-0.2, 0) is 0 Å². The Morgan fingerprint density at radius 2 is 1.77 bits per heavy atom. The lowest BCUT2D eigenvalue weighted by atomic mass is 9.96. The van der Waals surface area contributed by atoms with Crippen molar-refractivity contribution in [2.45, 2.75) is 6.04 Å². The minimum Gasteiger partial charge on any atom is -0.386 e. The second-order valence-corrected chi connectivity index (χ2v) is 7.51. The molecule has 1 atom stereocenters. The molecule has 0 bridgehead atoms. The first-order valence-corrected chi connectivity index (χ1v) is 10.2. The van der Waals surface area contributed by atoms with Crippen molar-refractivity contribution < 1.29 is 4.39 Å². The standard InChI is InChI=1S/C25H26FN3S/c1-4-8-20(24-22(27-2)15-16-23(30)28-24)17-29(3)25(18-9-6-5-7-10-18)19-11-13-21(26)14-12-19/h4-16,25,27H,1,17H2,2-3H3,(H,28,30)/b20-8-. The molecule has 0 fully saturated rings. The lowest BCUT2D eigenvalue weighted by molar-refractivity contribution is 0.313. The third-order valence-corrected chi connectivity index (χ3v) is 5.23. The van der Waals surface area contributed by atoms with Gasteiger partial charge < -0.3 is 10.3 Å². The fraction of sp³-hybridized carbons (Fsp3) is 0.160. The Bertz CT molecular complexity index is 1070. The molecule has 0 radical (unpaired) electrons. The van der Waals surface area contributed by atoms with E-state index in [1.807, 2.05) is 55.6 Å². The monoisotopic (exact) mass is 419 g/mol. The van der Waals surface area contributed by atoms with Gasteiger partial charge in [0.15, 0.2) is 0 Å². The number of halogens is 1. The second-order valence-electron chi connectivity index (χ2n) is 7.07. The van der Waals surface area contributed by atoms with E-state index in [1.165, 1.54) is 12.1 Å². The lowest BCUT2D eigenvalue weighted by Crippen LogP contribution is -2.27. The van der Waals surface area contributed by atoms with Crippen molar-refractivity contribution >= 4 is 23.5 Å². The molecule has 3 rings (SSSR count). The number of nitrogens with zero attached hydrogens (tertiary/aromatic N) is 1. The minimum absolute atomic E-state index is 0.0373. The molecule has 2 aromatic carbocycles. The average Bonchev–Trinajstić information content (AvgIpc) is 2.76. The summed E-state index contributed by atoms with van der Waals surface area (Å²) in [4.78, 5) is 5.54. The molecule has 1 heterocycles. The smallest absolute Gasteiger partial charge is 0.123 e. The van der Waals surface area contributed by atoms with Crippen molar-refractivity contribution in [2.24, 2.45) is 0 Å². The second kappa shape index (κ2) is 10.1. The topological polar surface area (TPSA) is 31.1 Å². The lowest BCUT2D eigenvalue weighted by Gasteiger charge is -2.30. The number of H-pyrrole nitrogens is 1. The highest BCUT2D eigenvalue weighted by Crippen LogP contribution is 2.31. The molecule has 1 aromatic heterocycles. The first kappa shape index (κ1) is 21.7. The van der Waals surface area contributed by atoms with Gasteiger partial charge in [0, 0.05) is 13.6 Å². The summed E-state index contributed by atoms with van der Waals surface area (Å²) in [5, 5.41) is 3.22. The summed E-state index contributed by atoms with van der Waals surface area (Å²) in [5.41, 5.74) is 5.11. The summed E-state index contributed by atoms with van der Waals surface area (Å²) >= 11 is 5.36. The van der Waals surface area contributed by atoms with E-state index in [1.54, 1.807) is 6.08 Å². The Morgan fingerprint density at radius 1 is 1.10 bits per heavy atom. The number of allylic oxidation sites excluding steroid dienone is 2. The molecular weight excluding hydrogens is 393 g/mol. The predicted octanol–water partition coefficient (Wildman–Crippen LogP) is 6.22. The molecule has 0 aliphatic rings. The van der Waals surface area contributed by atoms with E-state index < -0.39 is 0 Å². The third-order valence-electron chi connectivity index (χ3n) is 4.99. The van der Waals surface area contributed by atoms with E-state index in [9.17, 15) is 4.39 Å². The molecule has 0 aliphatic heterocycles. The minimum atomic E-state index is -0.240. The summed E-state index contributed by atoms with van der Waals surface area (Å²) in [5.74, 6) is -0.240. The first-order valence-electron chi connectivity index (χ1n) is 9.77. The van der Waals surface area contributed by atoms with Crippen LogP contribution in [0.1, 0.15) is 22.9 Å². The molecular formula is C25H26FN3S. The van der Waals surface area contributed by atoms with Crippen LogP contribution in [0.3, 0.4) is 0 Å². The Kier molecular flexibility index (Phi) is 7.33. The summed E-state index contributed by atoms with van der Waals surface area (Å²) in [6, 6.07) is 20.7. The molecule has 0 spiro atoms. The van der Waals surface area contributed by atoms with E-state index in [4.69, 9.17) is 12.2 Å². The molecule has 154 valence electrons. The summed E-state index contributed by atoms with van der Waals surface area (Å²) in [7, 11) is 3.95. The number of anilines is 1. The highest BCUT2D eigenvalue weighted by molar-refractivity contribution is 7.71. The van der Waals surface area contributed by atoms with Crippen LogP contribution in [0.25, 0.3) is 5.57 Å². The fourth-order valence-electron chi connectivity index (χ4n) is 3.64. The SMILES string of the molecule is C=C/C=C(/CN(C)C(c1ccccc1)c1ccc(F)cc1)c1[nH]c(=S)ccc1NC. The maximum atomic E-state index is 13.6. The van der Waals surface area contributed by atoms with Gasteiger partial charge in [-0.25, -0.2) is 4.39 Å². The Hall–Kier alpha value is -3.02. The van der Waals surface area contributed by atoms with Gasteiger partial charge in [-0.2, -0.15) is 0 Å². The van der Waals surface area contributed by atoms with Gasteiger partial charge >= 0.3 is 0 Å². The zero-order valence-corrected chi connectivity index (χ0v) is 18.0. The van der Waals surface area contributed by atoms with E-state index >= 15 is 0 Å². The van der Waals surface area contributed by atoms with Crippen LogP contribution in [-0.4, -0.2) is 30.5 Å². The van der Waals surface area contributed by atoms with Crippen LogP contribution in [0.4, 0.5) is 10.1 Å². The van der Waals surface area contributed by atoms with Crippen LogP contribution < -0.4 is 5.32 Å². The molecule has 3 aromatic rings. The number of hydrogen-bond acceptors (Lipinski definition) is 3. The van der Waals surface area contributed by atoms with Crippen molar-refractivity contribution in [1.29, 1.82) is 0 Å². The van der Waals surface area contributed by atoms with Gasteiger partial charge in [-0.3, -0.25) is 4.90 Å². The summed E-state index contributed by atoms with van der Waals surface area (Å²) in [6.07, 6.45) is 3.77. The molecule has 0 aliphatic carbocycles. The average molecular weight is 420 g/mol. The molecule has 1 unspecified atom stereocenters. The largest absolute Gasteiger partial charge is 0.386 e. The zero-order chi connectivity index (χ0) is 21.5. The van der Waals surface area contributed by atoms with E-state index in [-0.39, 0.29) is 11.9 Å². The van der Waals surface area contributed by atoms with Gasteiger partial charge in [0.1, 0.15) is 10.5 Å². The van der Waals surface area contributed by atoms with Crippen molar-refractivity contribution in [1.82, 2.24) is 9.88 Å². The maximum absolute atomic E-state index is 13.6. The molecule has 5 heteroatoms. The van der Waals surface area contributed by atoms with Crippen molar-refractivity contribution in [3.63, 3.8) is 0 Å². The highest BCUT2D eigenvalue weighted by Gasteiger charge is 2.21. The summed E-state index contributed by atoms with van der Waals surface area (Å²) in [6.45, 7) is 4.52. The van der Waals surface area contributed by atoms with Crippen LogP contribution in [0, 0.1) is 10.5 Å². The summed E-state index contributed by atoms with van der Waals surface area (Å²) < 4.78 is 14.2. The number of nitrogens with one attached hydrogen (secondary N) is 2. The highest BCUT2D eigenvalue weighted by atomic mass is 32.1. The quantitative estimate of drug-likeness (QED) is 0.336. The van der Waals surface area contributed by atoms with Crippen LogP contribution in [0.15, 0.2) is 85.5 Å². The number of aromatic amines is 1. The van der Waals surface area contributed by atoms with Crippen LogP contribution >= 0.6 is 12.2 Å². The van der Waals surface area contributed by atoms with Gasteiger partial charge in [-0.1, -0.05) is 73.4 Å². The van der Waals surface area contributed by atoms with Gasteiger partial charge in [0.25, 0.3) is 0 Å².